The molecule has 1 aliphatic carbocycles. The van der Waals surface area contributed by atoms with Crippen LogP contribution in [0.4, 0.5) is 0 Å². The van der Waals surface area contributed by atoms with Crippen molar-refractivity contribution in [2.75, 3.05) is 13.1 Å². The zero-order chi connectivity index (χ0) is 12.3. The SMILES string of the molecule is CCC(CC)(C(CC1CC1)NN)N1CCCC1. The van der Waals surface area contributed by atoms with Gasteiger partial charge in [-0.05, 0) is 51.1 Å². The Hall–Kier alpha value is -0.120. The van der Waals surface area contributed by atoms with Crippen molar-refractivity contribution in [3.8, 4) is 0 Å². The lowest BCUT2D eigenvalue weighted by Crippen LogP contribution is -2.61. The Morgan fingerprint density at radius 1 is 1.24 bits per heavy atom. The average molecular weight is 239 g/mol. The van der Waals surface area contributed by atoms with Crippen molar-refractivity contribution in [3.05, 3.63) is 0 Å². The minimum atomic E-state index is 0.299. The Kier molecular flexibility index (Phi) is 4.45. The van der Waals surface area contributed by atoms with Crippen molar-refractivity contribution >= 4 is 0 Å². The molecule has 1 heterocycles. The van der Waals surface area contributed by atoms with E-state index in [4.69, 9.17) is 5.84 Å². The molecule has 1 saturated heterocycles. The van der Waals surface area contributed by atoms with E-state index >= 15 is 0 Å². The van der Waals surface area contributed by atoms with Crippen LogP contribution in [0.2, 0.25) is 0 Å². The Balaban J connectivity index is 2.10. The zero-order valence-electron chi connectivity index (χ0n) is 11.5. The van der Waals surface area contributed by atoms with Gasteiger partial charge in [0, 0.05) is 11.6 Å². The molecule has 0 radical (unpaired) electrons. The molecule has 3 heteroatoms. The van der Waals surface area contributed by atoms with Gasteiger partial charge in [-0.3, -0.25) is 16.2 Å². The van der Waals surface area contributed by atoms with Crippen LogP contribution in [0.15, 0.2) is 0 Å². The highest BCUT2D eigenvalue weighted by Crippen LogP contribution is 2.40. The lowest BCUT2D eigenvalue weighted by Gasteiger charge is -2.46. The molecule has 1 atom stereocenters. The van der Waals surface area contributed by atoms with Gasteiger partial charge in [0.2, 0.25) is 0 Å². The van der Waals surface area contributed by atoms with Gasteiger partial charge in [-0.1, -0.05) is 26.7 Å². The standard InChI is InChI=1S/C14H29N3/c1-3-14(4-2,17-9-5-6-10-17)13(16-15)11-12-7-8-12/h12-13,16H,3-11,15H2,1-2H3. The third kappa shape index (κ3) is 2.67. The lowest BCUT2D eigenvalue weighted by molar-refractivity contribution is 0.0564. The second kappa shape index (κ2) is 5.68. The summed E-state index contributed by atoms with van der Waals surface area (Å²) in [5.41, 5.74) is 3.45. The minimum Gasteiger partial charge on any atom is -0.296 e. The maximum Gasteiger partial charge on any atom is 0.0397 e. The Morgan fingerprint density at radius 3 is 2.24 bits per heavy atom. The molecule has 2 fully saturated rings. The summed E-state index contributed by atoms with van der Waals surface area (Å²) in [7, 11) is 0. The summed E-state index contributed by atoms with van der Waals surface area (Å²) in [6, 6.07) is 0.475. The van der Waals surface area contributed by atoms with Gasteiger partial charge < -0.3 is 0 Å². The number of hydrogen-bond donors (Lipinski definition) is 2. The molecule has 0 aromatic heterocycles. The molecule has 0 spiro atoms. The zero-order valence-corrected chi connectivity index (χ0v) is 11.5. The molecule has 100 valence electrons. The predicted molar refractivity (Wildman–Crippen MR) is 72.6 cm³/mol. The minimum absolute atomic E-state index is 0.299. The normalized spacial score (nSPS) is 24.2. The summed E-state index contributed by atoms with van der Waals surface area (Å²) < 4.78 is 0. The number of nitrogens with one attached hydrogen (secondary N) is 1. The van der Waals surface area contributed by atoms with Crippen molar-refractivity contribution in [1.29, 1.82) is 0 Å². The van der Waals surface area contributed by atoms with Crippen molar-refractivity contribution in [2.45, 2.75) is 70.4 Å². The summed E-state index contributed by atoms with van der Waals surface area (Å²) in [5.74, 6) is 6.82. The van der Waals surface area contributed by atoms with Crippen LogP contribution in [0.5, 0.6) is 0 Å². The largest absolute Gasteiger partial charge is 0.296 e. The van der Waals surface area contributed by atoms with Crippen LogP contribution in [-0.4, -0.2) is 29.6 Å². The molecule has 2 aliphatic rings. The first-order valence-corrected chi connectivity index (χ1v) is 7.48. The van der Waals surface area contributed by atoms with Crippen LogP contribution < -0.4 is 11.3 Å². The first-order chi connectivity index (χ1) is 8.26. The van der Waals surface area contributed by atoms with Gasteiger partial charge in [0.15, 0.2) is 0 Å². The highest BCUT2D eigenvalue weighted by Gasteiger charge is 2.43. The predicted octanol–water partition coefficient (Wildman–Crippen LogP) is 2.27. The van der Waals surface area contributed by atoms with Gasteiger partial charge in [0.05, 0.1) is 0 Å². The van der Waals surface area contributed by atoms with E-state index in [0.717, 1.165) is 5.92 Å². The first-order valence-electron chi connectivity index (χ1n) is 7.48. The van der Waals surface area contributed by atoms with Crippen molar-refractivity contribution < 1.29 is 0 Å². The monoisotopic (exact) mass is 239 g/mol. The van der Waals surface area contributed by atoms with Crippen LogP contribution in [-0.2, 0) is 0 Å². The second-order valence-corrected chi connectivity index (χ2v) is 5.90. The van der Waals surface area contributed by atoms with E-state index < -0.39 is 0 Å². The van der Waals surface area contributed by atoms with Gasteiger partial charge in [-0.2, -0.15) is 0 Å². The average Bonchev–Trinajstić information content (AvgIpc) is 3.01. The number of rotatable bonds is 7. The first kappa shape index (κ1) is 13.3. The molecule has 1 aliphatic heterocycles. The highest BCUT2D eigenvalue weighted by atomic mass is 15.3. The van der Waals surface area contributed by atoms with Gasteiger partial charge in [-0.25, -0.2) is 0 Å². The molecular weight excluding hydrogens is 210 g/mol. The van der Waals surface area contributed by atoms with Crippen LogP contribution in [0.1, 0.15) is 58.8 Å². The molecule has 3 nitrogen and oxygen atoms in total. The maximum absolute atomic E-state index is 5.88. The van der Waals surface area contributed by atoms with Gasteiger partial charge in [-0.15, -0.1) is 0 Å². The van der Waals surface area contributed by atoms with E-state index in [1.807, 2.05) is 0 Å². The topological polar surface area (TPSA) is 41.3 Å². The van der Waals surface area contributed by atoms with Gasteiger partial charge >= 0.3 is 0 Å². The molecule has 0 aromatic rings. The lowest BCUT2D eigenvalue weighted by atomic mass is 9.80. The van der Waals surface area contributed by atoms with Crippen LogP contribution in [0, 0.1) is 5.92 Å². The summed E-state index contributed by atoms with van der Waals surface area (Å²) in [5, 5.41) is 0. The maximum atomic E-state index is 5.88. The van der Waals surface area contributed by atoms with Gasteiger partial charge in [0.1, 0.15) is 0 Å². The van der Waals surface area contributed by atoms with Crippen molar-refractivity contribution in [1.82, 2.24) is 10.3 Å². The summed E-state index contributed by atoms with van der Waals surface area (Å²) in [4.78, 5) is 2.71. The number of nitrogens with zero attached hydrogens (tertiary/aromatic N) is 1. The number of hydrogen-bond acceptors (Lipinski definition) is 3. The molecule has 0 bridgehead atoms. The Morgan fingerprint density at radius 2 is 1.82 bits per heavy atom. The number of nitrogens with two attached hydrogens (primary N) is 1. The molecule has 2 rings (SSSR count). The van der Waals surface area contributed by atoms with Crippen molar-refractivity contribution in [2.24, 2.45) is 11.8 Å². The summed E-state index contributed by atoms with van der Waals surface area (Å²) in [6.45, 7) is 7.20. The van der Waals surface area contributed by atoms with E-state index in [1.165, 1.54) is 58.0 Å². The van der Waals surface area contributed by atoms with E-state index in [2.05, 4.69) is 24.2 Å². The molecule has 3 N–H and O–H groups in total. The third-order valence-corrected chi connectivity index (χ3v) is 5.08. The summed E-state index contributed by atoms with van der Waals surface area (Å²) >= 11 is 0. The van der Waals surface area contributed by atoms with Crippen molar-refractivity contribution in [3.63, 3.8) is 0 Å². The smallest absolute Gasteiger partial charge is 0.0397 e. The molecule has 1 unspecified atom stereocenters. The van der Waals surface area contributed by atoms with E-state index in [0.29, 0.717) is 11.6 Å². The van der Waals surface area contributed by atoms with Crippen LogP contribution in [0.25, 0.3) is 0 Å². The number of likely N-dealkylation sites (tertiary alicyclic amines) is 1. The molecule has 0 aromatic carbocycles. The fourth-order valence-corrected chi connectivity index (χ4v) is 3.70. The van der Waals surface area contributed by atoms with Crippen LogP contribution >= 0.6 is 0 Å². The van der Waals surface area contributed by atoms with E-state index in [-0.39, 0.29) is 0 Å². The molecular formula is C14H29N3. The summed E-state index contributed by atoms with van der Waals surface area (Å²) in [6.07, 6.45) is 9.26. The third-order valence-electron chi connectivity index (χ3n) is 5.08. The van der Waals surface area contributed by atoms with Crippen LogP contribution in [0.3, 0.4) is 0 Å². The quantitative estimate of drug-likeness (QED) is 0.529. The Labute approximate surface area is 106 Å². The highest BCUT2D eigenvalue weighted by molar-refractivity contribution is 5.01. The number of hydrazine groups is 1. The fraction of sp³-hybridized carbons (Fsp3) is 1.00. The van der Waals surface area contributed by atoms with Gasteiger partial charge in [0.25, 0.3) is 0 Å². The fourth-order valence-electron chi connectivity index (χ4n) is 3.70. The second-order valence-electron chi connectivity index (χ2n) is 5.90. The Bertz CT molecular complexity index is 228. The van der Waals surface area contributed by atoms with E-state index in [9.17, 15) is 0 Å². The molecule has 1 saturated carbocycles. The van der Waals surface area contributed by atoms with E-state index in [1.54, 1.807) is 0 Å². The molecule has 17 heavy (non-hydrogen) atoms. The molecule has 0 amide bonds.